The van der Waals surface area contributed by atoms with Crippen molar-refractivity contribution in [3.63, 3.8) is 0 Å². The first-order valence-corrected chi connectivity index (χ1v) is 7.08. The molecule has 0 spiro atoms. The Morgan fingerprint density at radius 3 is 2.88 bits per heavy atom. The second-order valence-corrected chi connectivity index (χ2v) is 6.21. The summed E-state index contributed by atoms with van der Waals surface area (Å²) in [6.45, 7) is 1.02. The molecule has 2 aliphatic carbocycles. The normalized spacial score (nSPS) is 32.2. The molecule has 1 aromatic rings. The van der Waals surface area contributed by atoms with E-state index >= 15 is 0 Å². The lowest BCUT2D eigenvalue weighted by Crippen LogP contribution is -2.33. The average molecular weight is 280 g/mol. The summed E-state index contributed by atoms with van der Waals surface area (Å²) in [6, 6.07) is 9.39. The number of hydrogen-bond acceptors (Lipinski definition) is 1. The zero-order chi connectivity index (χ0) is 11.0. The molecular formula is C14H18BrN. The Bertz CT molecular complexity index is 377. The van der Waals surface area contributed by atoms with Crippen LogP contribution in [-0.4, -0.2) is 6.04 Å². The summed E-state index contributed by atoms with van der Waals surface area (Å²) in [5, 5.41) is 3.74. The standard InChI is InChI=1S/C14H18BrN/c15-13-3-1-2-11(7-13)9-16-14-8-10-4-5-12(14)6-10/h1-3,7,10,12,14,16H,4-6,8-9H2/t10-,12-,14?/m0/s1. The molecule has 0 aromatic heterocycles. The van der Waals surface area contributed by atoms with Crippen LogP contribution in [0.5, 0.6) is 0 Å². The first-order valence-electron chi connectivity index (χ1n) is 6.29. The van der Waals surface area contributed by atoms with Crippen molar-refractivity contribution in [2.45, 2.75) is 38.3 Å². The predicted molar refractivity (Wildman–Crippen MR) is 70.2 cm³/mol. The van der Waals surface area contributed by atoms with E-state index in [4.69, 9.17) is 0 Å². The maximum Gasteiger partial charge on any atom is 0.0208 e. The summed E-state index contributed by atoms with van der Waals surface area (Å²) in [7, 11) is 0. The molecule has 0 amide bonds. The average Bonchev–Trinajstić information content (AvgIpc) is 2.88. The van der Waals surface area contributed by atoms with Crippen LogP contribution < -0.4 is 5.32 Å². The topological polar surface area (TPSA) is 12.0 Å². The molecule has 1 aromatic carbocycles. The van der Waals surface area contributed by atoms with E-state index in [2.05, 4.69) is 45.5 Å². The molecule has 2 bridgehead atoms. The summed E-state index contributed by atoms with van der Waals surface area (Å²) in [4.78, 5) is 0. The Hall–Kier alpha value is -0.340. The van der Waals surface area contributed by atoms with Crippen LogP contribution in [0.2, 0.25) is 0 Å². The molecule has 2 saturated carbocycles. The van der Waals surface area contributed by atoms with Crippen LogP contribution in [0.3, 0.4) is 0 Å². The van der Waals surface area contributed by atoms with E-state index in [-0.39, 0.29) is 0 Å². The Morgan fingerprint density at radius 1 is 1.25 bits per heavy atom. The van der Waals surface area contributed by atoms with Crippen molar-refractivity contribution in [2.75, 3.05) is 0 Å². The van der Waals surface area contributed by atoms with Gasteiger partial charge in [-0.2, -0.15) is 0 Å². The molecule has 0 saturated heterocycles. The van der Waals surface area contributed by atoms with Gasteiger partial charge in [-0.1, -0.05) is 34.5 Å². The van der Waals surface area contributed by atoms with Gasteiger partial charge >= 0.3 is 0 Å². The molecule has 2 fully saturated rings. The zero-order valence-corrected chi connectivity index (χ0v) is 11.0. The van der Waals surface area contributed by atoms with E-state index < -0.39 is 0 Å². The number of halogens is 1. The molecule has 0 radical (unpaired) electrons. The minimum Gasteiger partial charge on any atom is -0.310 e. The van der Waals surface area contributed by atoms with Crippen LogP contribution >= 0.6 is 15.9 Å². The highest BCUT2D eigenvalue weighted by molar-refractivity contribution is 9.10. The number of hydrogen-bond donors (Lipinski definition) is 1. The Balaban J connectivity index is 1.57. The quantitative estimate of drug-likeness (QED) is 0.889. The summed E-state index contributed by atoms with van der Waals surface area (Å²) in [6.07, 6.45) is 5.84. The second kappa shape index (κ2) is 4.50. The summed E-state index contributed by atoms with van der Waals surface area (Å²) < 4.78 is 1.18. The molecule has 2 heteroatoms. The van der Waals surface area contributed by atoms with E-state index in [1.807, 2.05) is 0 Å². The lowest BCUT2D eigenvalue weighted by Gasteiger charge is -2.23. The van der Waals surface area contributed by atoms with Crippen molar-refractivity contribution in [3.05, 3.63) is 34.3 Å². The van der Waals surface area contributed by atoms with Crippen LogP contribution in [0, 0.1) is 11.8 Å². The first kappa shape index (κ1) is 10.8. The molecule has 1 N–H and O–H groups in total. The monoisotopic (exact) mass is 279 g/mol. The third-order valence-corrected chi connectivity index (χ3v) is 4.69. The zero-order valence-electron chi connectivity index (χ0n) is 9.45. The highest BCUT2D eigenvalue weighted by Gasteiger charge is 2.38. The summed E-state index contributed by atoms with van der Waals surface area (Å²) >= 11 is 3.52. The van der Waals surface area contributed by atoms with Crippen LogP contribution in [0.1, 0.15) is 31.2 Å². The van der Waals surface area contributed by atoms with Gasteiger partial charge in [0.1, 0.15) is 0 Å². The number of fused-ring (bicyclic) bond motifs is 2. The van der Waals surface area contributed by atoms with Gasteiger partial charge in [0.05, 0.1) is 0 Å². The lowest BCUT2D eigenvalue weighted by atomic mass is 9.95. The van der Waals surface area contributed by atoms with Crippen LogP contribution in [-0.2, 0) is 6.54 Å². The predicted octanol–water partition coefficient (Wildman–Crippen LogP) is 3.73. The fraction of sp³-hybridized carbons (Fsp3) is 0.571. The molecule has 0 aliphatic heterocycles. The van der Waals surface area contributed by atoms with Crippen molar-refractivity contribution in [1.82, 2.24) is 5.32 Å². The SMILES string of the molecule is Brc1cccc(CNC2C[C@H]3CC[C@H]2C3)c1. The molecule has 86 valence electrons. The van der Waals surface area contributed by atoms with Crippen LogP contribution in [0.25, 0.3) is 0 Å². The van der Waals surface area contributed by atoms with Gasteiger partial charge in [-0.25, -0.2) is 0 Å². The van der Waals surface area contributed by atoms with E-state index in [1.165, 1.54) is 35.7 Å². The third-order valence-electron chi connectivity index (χ3n) is 4.20. The van der Waals surface area contributed by atoms with Crippen molar-refractivity contribution < 1.29 is 0 Å². The minimum absolute atomic E-state index is 0.790. The number of nitrogens with one attached hydrogen (secondary N) is 1. The van der Waals surface area contributed by atoms with Gasteiger partial charge in [0.15, 0.2) is 0 Å². The molecule has 1 nitrogen and oxygen atoms in total. The molecule has 3 rings (SSSR count). The molecule has 16 heavy (non-hydrogen) atoms. The van der Waals surface area contributed by atoms with Crippen molar-refractivity contribution >= 4 is 15.9 Å². The van der Waals surface area contributed by atoms with Gasteiger partial charge in [0, 0.05) is 17.1 Å². The van der Waals surface area contributed by atoms with Crippen molar-refractivity contribution in [2.24, 2.45) is 11.8 Å². The highest BCUT2D eigenvalue weighted by atomic mass is 79.9. The van der Waals surface area contributed by atoms with Crippen LogP contribution in [0.15, 0.2) is 28.7 Å². The lowest BCUT2D eigenvalue weighted by molar-refractivity contribution is 0.350. The maximum absolute atomic E-state index is 3.74. The Labute approximate surface area is 106 Å². The number of rotatable bonds is 3. The maximum atomic E-state index is 3.74. The molecule has 1 unspecified atom stereocenters. The van der Waals surface area contributed by atoms with Crippen molar-refractivity contribution in [1.29, 1.82) is 0 Å². The molecule has 0 heterocycles. The Morgan fingerprint density at radius 2 is 2.19 bits per heavy atom. The fourth-order valence-corrected chi connectivity index (χ4v) is 3.84. The Kier molecular flexibility index (Phi) is 3.03. The summed E-state index contributed by atoms with van der Waals surface area (Å²) in [5.74, 6) is 2.00. The molecular weight excluding hydrogens is 262 g/mol. The van der Waals surface area contributed by atoms with E-state index in [0.717, 1.165) is 24.4 Å². The van der Waals surface area contributed by atoms with Crippen LogP contribution in [0.4, 0.5) is 0 Å². The third kappa shape index (κ3) is 2.18. The van der Waals surface area contributed by atoms with Gasteiger partial charge in [-0.05, 0) is 48.8 Å². The molecule has 2 aliphatic rings. The largest absolute Gasteiger partial charge is 0.310 e. The van der Waals surface area contributed by atoms with E-state index in [9.17, 15) is 0 Å². The van der Waals surface area contributed by atoms with Gasteiger partial charge in [0.2, 0.25) is 0 Å². The first-order chi connectivity index (χ1) is 7.81. The van der Waals surface area contributed by atoms with Gasteiger partial charge in [-0.15, -0.1) is 0 Å². The smallest absolute Gasteiger partial charge is 0.0208 e. The second-order valence-electron chi connectivity index (χ2n) is 5.29. The van der Waals surface area contributed by atoms with E-state index in [0.29, 0.717) is 0 Å². The van der Waals surface area contributed by atoms with Gasteiger partial charge < -0.3 is 5.32 Å². The minimum atomic E-state index is 0.790. The van der Waals surface area contributed by atoms with Gasteiger partial charge in [-0.3, -0.25) is 0 Å². The number of benzene rings is 1. The van der Waals surface area contributed by atoms with Crippen molar-refractivity contribution in [3.8, 4) is 0 Å². The van der Waals surface area contributed by atoms with Gasteiger partial charge in [0.25, 0.3) is 0 Å². The molecule has 3 atom stereocenters. The summed E-state index contributed by atoms with van der Waals surface area (Å²) in [5.41, 5.74) is 1.39. The fourth-order valence-electron chi connectivity index (χ4n) is 3.39. The van der Waals surface area contributed by atoms with E-state index in [1.54, 1.807) is 0 Å². The highest BCUT2D eigenvalue weighted by Crippen LogP contribution is 2.44.